The Morgan fingerprint density at radius 2 is 1.61 bits per heavy atom. The molecule has 3 N–H and O–H groups in total. The van der Waals surface area contributed by atoms with Gasteiger partial charge in [-0.2, -0.15) is 4.98 Å². The van der Waals surface area contributed by atoms with Crippen molar-refractivity contribution in [2.24, 2.45) is 0 Å². The molecular weight excluding hydrogens is 608 g/mol. The zero-order valence-electron chi connectivity index (χ0n) is 29.5. The summed E-state index contributed by atoms with van der Waals surface area (Å²) in [6, 6.07) is 11.1. The van der Waals surface area contributed by atoms with Gasteiger partial charge < -0.3 is 20.7 Å². The molecule has 46 heavy (non-hydrogen) atoms. The van der Waals surface area contributed by atoms with Crippen LogP contribution >= 0.6 is 11.6 Å². The summed E-state index contributed by atoms with van der Waals surface area (Å²) in [5.74, 6) is 1.63. The van der Waals surface area contributed by atoms with E-state index in [1.165, 1.54) is 17.3 Å². The van der Waals surface area contributed by atoms with E-state index in [9.17, 15) is 8.42 Å². The normalized spacial score (nSPS) is 17.0. The van der Waals surface area contributed by atoms with Crippen molar-refractivity contribution in [1.29, 1.82) is 0 Å². The van der Waals surface area contributed by atoms with Crippen LogP contribution in [0, 0.1) is 0 Å². The van der Waals surface area contributed by atoms with E-state index in [4.69, 9.17) is 16.3 Å². The number of nitrogens with one attached hydrogen (secondary N) is 3. The average Bonchev–Trinajstić information content (AvgIpc) is 2.88. The number of piperidine rings is 1. The summed E-state index contributed by atoms with van der Waals surface area (Å²) in [5.41, 5.74) is 3.21. The molecule has 0 aliphatic carbocycles. The number of sulfone groups is 1. The van der Waals surface area contributed by atoms with Gasteiger partial charge in [0.2, 0.25) is 5.95 Å². The van der Waals surface area contributed by atoms with Crippen LogP contribution in [0.5, 0.6) is 5.75 Å². The first-order valence-corrected chi connectivity index (χ1v) is 18.0. The van der Waals surface area contributed by atoms with E-state index >= 15 is 0 Å². The van der Waals surface area contributed by atoms with E-state index in [-0.39, 0.29) is 31.5 Å². The van der Waals surface area contributed by atoms with Gasteiger partial charge in [0.05, 0.1) is 56.8 Å². The summed E-state index contributed by atoms with van der Waals surface area (Å²) in [6.45, 7) is 7.39. The van der Waals surface area contributed by atoms with Crippen LogP contribution in [0.3, 0.4) is 0 Å². The fraction of sp³-hybridized carbons (Fsp3) is 0.429. The highest BCUT2D eigenvalue weighted by atomic mass is 35.5. The molecule has 1 aliphatic rings. The Hall–Kier alpha value is -2.36. The van der Waals surface area contributed by atoms with E-state index < -0.39 is 20.6 Å². The Kier molecular flexibility index (Phi) is 10.2. The number of para-hydroxylation sites is 1. The number of halogens is 1. The summed E-state index contributed by atoms with van der Waals surface area (Å²) in [5, 5.41) is 9.87. The lowest BCUT2D eigenvalue weighted by Gasteiger charge is -2.48. The molecule has 1 aliphatic heterocycles. The minimum Gasteiger partial charge on any atom is -0.495 e. The number of rotatable bonds is 10. The number of anilines is 4. The van der Waals surface area contributed by atoms with Crippen LogP contribution in [0.2, 0.25) is 5.02 Å². The number of hydrogen-bond acceptors (Lipinski definition) is 8. The molecule has 0 atom stereocenters. The van der Waals surface area contributed by atoms with E-state index in [2.05, 4.69) is 93.0 Å². The van der Waals surface area contributed by atoms with Crippen LogP contribution in [0.1, 0.15) is 57.6 Å². The third-order valence-electron chi connectivity index (χ3n) is 8.06. The van der Waals surface area contributed by atoms with Gasteiger partial charge in [-0.25, -0.2) is 13.4 Å². The highest BCUT2D eigenvalue weighted by molar-refractivity contribution is 7.92. The quantitative estimate of drug-likeness (QED) is 0.214. The van der Waals surface area contributed by atoms with Crippen molar-refractivity contribution in [2.45, 2.75) is 77.9 Å². The molecule has 0 amide bonds. The van der Waals surface area contributed by atoms with Crippen LogP contribution < -0.4 is 20.7 Å². The molecule has 0 bridgehead atoms. The number of benzene rings is 2. The zero-order chi connectivity index (χ0) is 34.5. The minimum absolute atomic E-state index is 0.0167. The summed E-state index contributed by atoms with van der Waals surface area (Å²) in [6.07, 6.45) is 3.51. The van der Waals surface area contributed by atoms with Crippen molar-refractivity contribution in [3.8, 4) is 5.75 Å². The van der Waals surface area contributed by atoms with Crippen LogP contribution in [-0.2, 0) is 15.0 Å². The van der Waals surface area contributed by atoms with Gasteiger partial charge in [-0.05, 0) is 87.0 Å². The molecule has 3 aromatic rings. The van der Waals surface area contributed by atoms with Crippen LogP contribution in [0.4, 0.5) is 23.1 Å². The molecule has 0 spiro atoms. The predicted molar refractivity (Wildman–Crippen MR) is 214 cm³/mol. The largest absolute Gasteiger partial charge is 0.495 e. The van der Waals surface area contributed by atoms with Crippen molar-refractivity contribution < 1.29 is 13.2 Å². The Bertz CT molecular complexity index is 1700. The molecule has 0 radical (unpaired) electrons. The first kappa shape index (κ1) is 36.5. The Balaban J connectivity index is 1.80. The predicted octanol–water partition coefficient (Wildman–Crippen LogP) is -2.14. The van der Waals surface area contributed by atoms with Crippen molar-refractivity contribution in [3.63, 3.8) is 0 Å². The number of ether oxygens (including phenoxy) is 1. The highest BCUT2D eigenvalue weighted by Crippen LogP contribution is 2.43. The zero-order valence-corrected chi connectivity index (χ0v) is 31.1. The number of aromatic nitrogens is 2. The lowest BCUT2D eigenvalue weighted by Crippen LogP contribution is -2.64. The molecule has 2 heterocycles. The van der Waals surface area contributed by atoms with Gasteiger partial charge in [-0.1, -0.05) is 34.4 Å². The van der Waals surface area contributed by atoms with Crippen LogP contribution in [0.15, 0.2) is 47.5 Å². The molecule has 0 unspecified atom stereocenters. The molecule has 236 valence electrons. The Morgan fingerprint density at radius 1 is 1.00 bits per heavy atom. The minimum atomic E-state index is -3.55. The van der Waals surface area contributed by atoms with Crippen molar-refractivity contribution >= 4 is 107 Å². The second-order valence-corrected chi connectivity index (χ2v) is 19.0. The van der Waals surface area contributed by atoms with Gasteiger partial charge in [-0.15, -0.1) is 0 Å². The van der Waals surface area contributed by atoms with E-state index in [1.54, 1.807) is 38.1 Å². The fourth-order valence-electron chi connectivity index (χ4n) is 6.47. The smallest absolute Gasteiger partial charge is 0.229 e. The van der Waals surface area contributed by atoms with Crippen LogP contribution in [-0.4, -0.2) is 103 Å². The maximum Gasteiger partial charge on any atom is 0.229 e. The van der Waals surface area contributed by atoms with E-state index in [0.29, 0.717) is 23.3 Å². The topological polar surface area (TPSA) is 105 Å². The fourth-order valence-corrected chi connectivity index (χ4v) is 7.81. The van der Waals surface area contributed by atoms with Crippen molar-refractivity contribution in [3.05, 3.63) is 58.7 Å². The summed E-state index contributed by atoms with van der Waals surface area (Å²) in [7, 11) is 14.3. The molecule has 1 fully saturated rings. The van der Waals surface area contributed by atoms with E-state index in [1.807, 2.05) is 21.7 Å². The Labute approximate surface area is 287 Å². The van der Waals surface area contributed by atoms with Crippen molar-refractivity contribution in [2.75, 3.05) is 10.6 Å². The summed E-state index contributed by atoms with van der Waals surface area (Å²) < 4.78 is 32.7. The van der Waals surface area contributed by atoms with Gasteiger partial charge >= 0.3 is 0 Å². The first-order valence-electron chi connectivity index (χ1n) is 16.0. The molecule has 18 heteroatoms. The second kappa shape index (κ2) is 12.9. The maximum atomic E-state index is 13.1. The van der Waals surface area contributed by atoms with E-state index in [0.717, 1.165) is 18.5 Å². The highest BCUT2D eigenvalue weighted by Gasteiger charge is 2.39. The number of nitrogens with zero attached hydrogens (tertiary/aromatic N) is 2. The Morgan fingerprint density at radius 3 is 2.17 bits per heavy atom. The molecule has 8 nitrogen and oxygen atoms in total. The van der Waals surface area contributed by atoms with Gasteiger partial charge in [-0.3, -0.25) is 0 Å². The standard InChI is InChI=1S/C28H44B8ClN5O3S/c1-14(2)46(43,44)22-8-6-5-7-19(22)39-23-18(37)13-38-24(41-23)40-20-10-17(28(34,35)36)16(9-21(20)45-25(3,4)29)15-11-26(30,31)42-27(32,33)12-15/h5-10,13-15,42H,11-12,29-36H2,1-4H3,(H2,38,39,40,41). The summed E-state index contributed by atoms with van der Waals surface area (Å²) >= 11 is 6.54. The van der Waals surface area contributed by atoms with Gasteiger partial charge in [0, 0.05) is 0 Å². The van der Waals surface area contributed by atoms with Gasteiger partial charge in [0.15, 0.2) is 23.5 Å². The monoisotopic (exact) mass is 653 g/mol. The van der Waals surface area contributed by atoms with Gasteiger partial charge in [0.25, 0.3) is 0 Å². The van der Waals surface area contributed by atoms with Crippen LogP contribution in [0.25, 0.3) is 0 Å². The lowest BCUT2D eigenvalue weighted by atomic mass is 9.38. The average molecular weight is 653 g/mol. The molecule has 1 saturated heterocycles. The van der Waals surface area contributed by atoms with Gasteiger partial charge in [0.1, 0.15) is 42.2 Å². The molecular formula is C28H44B8ClN5O3S. The third kappa shape index (κ3) is 8.75. The maximum absolute atomic E-state index is 13.1. The molecule has 1 aromatic heterocycles. The number of hydrogen-bond donors (Lipinski definition) is 3. The molecule has 0 saturated carbocycles. The SMILES string of the molecule is BC1(B)CC(c2cc(OC(B)(C)C)c(Nc3ncc(Cl)c(Nc4ccccc4S(=O)(=O)C(C)C)n3)cc2C(B)(B)B)CC(B)(B)N1. The third-order valence-corrected chi connectivity index (χ3v) is 10.6. The summed E-state index contributed by atoms with van der Waals surface area (Å²) in [4.78, 5) is 9.35. The lowest BCUT2D eigenvalue weighted by molar-refractivity contribution is 0.199. The van der Waals surface area contributed by atoms with Crippen molar-refractivity contribution in [1.82, 2.24) is 15.3 Å². The molecule has 2 aromatic carbocycles. The first-order chi connectivity index (χ1) is 21.0. The molecule has 4 rings (SSSR count). The second-order valence-electron chi connectivity index (χ2n) is 16.1.